The molecule has 0 amide bonds. The predicted octanol–water partition coefficient (Wildman–Crippen LogP) is 2.81. The fourth-order valence-electron chi connectivity index (χ4n) is 2.49. The Labute approximate surface area is 128 Å². The normalized spacial score (nSPS) is 12.9. The molecular weight excluding hydrogens is 288 g/mol. The summed E-state index contributed by atoms with van der Waals surface area (Å²) in [6.07, 6.45) is 0. The summed E-state index contributed by atoms with van der Waals surface area (Å²) in [4.78, 5) is 0.323. The second-order valence-corrected chi connectivity index (χ2v) is 7.69. The smallest absolute Gasteiger partial charge is 0.247 e. The summed E-state index contributed by atoms with van der Waals surface area (Å²) in [5, 5.41) is 3.27. The van der Waals surface area contributed by atoms with Gasteiger partial charge in [0.1, 0.15) is 16.4 Å². The van der Waals surface area contributed by atoms with E-state index in [1.54, 1.807) is 6.92 Å². The van der Waals surface area contributed by atoms with Crippen molar-refractivity contribution < 1.29 is 12.8 Å². The first-order chi connectivity index (χ1) is 9.62. The SMILES string of the molecule is CCN(C(C)C)S(=O)(=O)c1c(C)oc(C)c1CNC(C)C. The molecule has 1 aromatic rings. The minimum Gasteiger partial charge on any atom is -0.465 e. The molecule has 5 nitrogen and oxygen atoms in total. The number of rotatable bonds is 7. The van der Waals surface area contributed by atoms with E-state index in [1.807, 2.05) is 41.5 Å². The monoisotopic (exact) mass is 316 g/mol. The minimum absolute atomic E-state index is 0.0829. The first kappa shape index (κ1) is 18.2. The molecule has 1 heterocycles. The maximum Gasteiger partial charge on any atom is 0.247 e. The Balaban J connectivity index is 3.34. The maximum absolute atomic E-state index is 12.9. The van der Waals surface area contributed by atoms with Crippen molar-refractivity contribution in [3.05, 3.63) is 17.1 Å². The lowest BCUT2D eigenvalue weighted by Crippen LogP contribution is -2.37. The van der Waals surface area contributed by atoms with Crippen LogP contribution in [0.3, 0.4) is 0 Å². The highest BCUT2D eigenvalue weighted by atomic mass is 32.2. The Morgan fingerprint density at radius 2 is 1.71 bits per heavy atom. The molecule has 0 aliphatic carbocycles. The lowest BCUT2D eigenvalue weighted by molar-refractivity contribution is 0.367. The molecule has 0 unspecified atom stereocenters. The summed E-state index contributed by atoms with van der Waals surface area (Å²) in [5.74, 6) is 1.13. The fourth-order valence-corrected chi connectivity index (χ4v) is 4.55. The molecule has 21 heavy (non-hydrogen) atoms. The van der Waals surface area contributed by atoms with Crippen LogP contribution in [0.15, 0.2) is 9.31 Å². The van der Waals surface area contributed by atoms with Gasteiger partial charge in [0.2, 0.25) is 10.0 Å². The van der Waals surface area contributed by atoms with Crippen molar-refractivity contribution in [2.45, 2.75) is 72.0 Å². The predicted molar refractivity (Wildman–Crippen MR) is 84.9 cm³/mol. The van der Waals surface area contributed by atoms with Gasteiger partial charge >= 0.3 is 0 Å². The van der Waals surface area contributed by atoms with Crippen LogP contribution in [0.2, 0.25) is 0 Å². The molecular formula is C15H28N2O3S. The second kappa shape index (κ2) is 6.94. The summed E-state index contributed by atoms with van der Waals surface area (Å²) in [7, 11) is -3.54. The number of nitrogens with zero attached hydrogens (tertiary/aromatic N) is 1. The van der Waals surface area contributed by atoms with Crippen LogP contribution < -0.4 is 5.32 Å². The fraction of sp³-hybridized carbons (Fsp3) is 0.733. The van der Waals surface area contributed by atoms with Gasteiger partial charge in [0.25, 0.3) is 0 Å². The third-order valence-corrected chi connectivity index (χ3v) is 5.81. The van der Waals surface area contributed by atoms with Crippen molar-refractivity contribution in [3.8, 4) is 0 Å². The van der Waals surface area contributed by atoms with Gasteiger partial charge in [-0.25, -0.2) is 8.42 Å². The van der Waals surface area contributed by atoms with Crippen molar-refractivity contribution in [2.75, 3.05) is 6.54 Å². The van der Waals surface area contributed by atoms with Gasteiger partial charge < -0.3 is 9.73 Å². The van der Waals surface area contributed by atoms with Crippen LogP contribution in [0.4, 0.5) is 0 Å². The van der Waals surface area contributed by atoms with E-state index in [1.165, 1.54) is 4.31 Å². The van der Waals surface area contributed by atoms with Crippen LogP contribution in [-0.2, 0) is 16.6 Å². The first-order valence-electron chi connectivity index (χ1n) is 7.46. The summed E-state index contributed by atoms with van der Waals surface area (Å²) < 4.78 is 33.0. The topological polar surface area (TPSA) is 62.6 Å². The molecule has 0 spiro atoms. The third kappa shape index (κ3) is 3.87. The van der Waals surface area contributed by atoms with E-state index in [4.69, 9.17) is 4.42 Å². The van der Waals surface area contributed by atoms with Crippen molar-refractivity contribution in [2.24, 2.45) is 0 Å². The maximum atomic E-state index is 12.9. The summed E-state index contributed by atoms with van der Waals surface area (Å²) in [5.41, 5.74) is 0.736. The van der Waals surface area contributed by atoms with Gasteiger partial charge in [-0.2, -0.15) is 4.31 Å². The molecule has 0 saturated heterocycles. The van der Waals surface area contributed by atoms with Crippen molar-refractivity contribution in [1.82, 2.24) is 9.62 Å². The van der Waals surface area contributed by atoms with Crippen LogP contribution in [0.1, 0.15) is 51.7 Å². The van der Waals surface area contributed by atoms with Gasteiger partial charge in [0, 0.05) is 30.7 Å². The van der Waals surface area contributed by atoms with Gasteiger partial charge in [-0.3, -0.25) is 0 Å². The molecule has 0 aromatic carbocycles. The molecule has 0 bridgehead atoms. The molecule has 0 fully saturated rings. The van der Waals surface area contributed by atoms with E-state index in [2.05, 4.69) is 5.32 Å². The van der Waals surface area contributed by atoms with E-state index >= 15 is 0 Å². The zero-order valence-corrected chi connectivity index (χ0v) is 15.0. The van der Waals surface area contributed by atoms with E-state index in [9.17, 15) is 8.42 Å². The first-order valence-corrected chi connectivity index (χ1v) is 8.91. The summed E-state index contributed by atoms with van der Waals surface area (Å²) in [6, 6.07) is 0.197. The Kier molecular flexibility index (Phi) is 6.01. The number of furan rings is 1. The quantitative estimate of drug-likeness (QED) is 0.840. The standard InChI is InChI=1S/C15H28N2O3S/c1-8-17(11(4)5)21(18,19)15-13(7)20-12(6)14(15)9-16-10(2)3/h10-11,16H,8-9H2,1-7H3. The molecule has 1 aromatic heterocycles. The third-order valence-electron chi connectivity index (χ3n) is 3.47. The van der Waals surface area contributed by atoms with Gasteiger partial charge in [0.15, 0.2) is 0 Å². The van der Waals surface area contributed by atoms with Crippen molar-refractivity contribution >= 4 is 10.0 Å². The average Bonchev–Trinajstić information content (AvgIpc) is 2.61. The summed E-state index contributed by atoms with van der Waals surface area (Å²) >= 11 is 0. The highest BCUT2D eigenvalue weighted by Crippen LogP contribution is 2.30. The average molecular weight is 316 g/mol. The molecule has 6 heteroatoms. The van der Waals surface area contributed by atoms with Crippen molar-refractivity contribution in [3.63, 3.8) is 0 Å². The number of aryl methyl sites for hydroxylation is 2. The van der Waals surface area contributed by atoms with E-state index < -0.39 is 10.0 Å². The Morgan fingerprint density at radius 3 is 2.14 bits per heavy atom. The lowest BCUT2D eigenvalue weighted by atomic mass is 10.2. The largest absolute Gasteiger partial charge is 0.465 e. The zero-order chi connectivity index (χ0) is 16.4. The molecule has 0 saturated carbocycles. The molecule has 0 atom stereocenters. The van der Waals surface area contributed by atoms with Crippen LogP contribution >= 0.6 is 0 Å². The van der Waals surface area contributed by atoms with E-state index in [0.717, 1.165) is 5.56 Å². The van der Waals surface area contributed by atoms with Crippen LogP contribution in [0, 0.1) is 13.8 Å². The number of hydrogen-bond acceptors (Lipinski definition) is 4. The van der Waals surface area contributed by atoms with Gasteiger partial charge in [-0.15, -0.1) is 0 Å². The highest BCUT2D eigenvalue weighted by Gasteiger charge is 2.32. The highest BCUT2D eigenvalue weighted by molar-refractivity contribution is 7.89. The van der Waals surface area contributed by atoms with E-state index in [0.29, 0.717) is 29.5 Å². The molecule has 1 rings (SSSR count). The summed E-state index contributed by atoms with van der Waals surface area (Å²) in [6.45, 7) is 14.1. The van der Waals surface area contributed by atoms with Gasteiger partial charge in [-0.1, -0.05) is 20.8 Å². The Hall–Kier alpha value is -0.850. The second-order valence-electron chi connectivity index (χ2n) is 5.86. The van der Waals surface area contributed by atoms with Crippen LogP contribution in [0.25, 0.3) is 0 Å². The number of hydrogen-bond donors (Lipinski definition) is 1. The lowest BCUT2D eigenvalue weighted by Gasteiger charge is -2.24. The van der Waals surface area contributed by atoms with Crippen LogP contribution in [-0.4, -0.2) is 31.4 Å². The molecule has 1 N–H and O–H groups in total. The van der Waals surface area contributed by atoms with Gasteiger partial charge in [-0.05, 0) is 27.7 Å². The van der Waals surface area contributed by atoms with Gasteiger partial charge in [0.05, 0.1) is 0 Å². The minimum atomic E-state index is -3.54. The van der Waals surface area contributed by atoms with E-state index in [-0.39, 0.29) is 12.1 Å². The van der Waals surface area contributed by atoms with Crippen molar-refractivity contribution in [1.29, 1.82) is 0 Å². The number of sulfonamides is 1. The molecule has 122 valence electrons. The molecule has 0 aliphatic heterocycles. The molecule has 0 radical (unpaired) electrons. The zero-order valence-electron chi connectivity index (χ0n) is 14.1. The Morgan fingerprint density at radius 1 is 1.14 bits per heavy atom. The van der Waals surface area contributed by atoms with Crippen LogP contribution in [0.5, 0.6) is 0 Å². The Bertz CT molecular complexity index is 574. The molecule has 0 aliphatic rings. The number of nitrogens with one attached hydrogen (secondary N) is 1.